The molecule has 4 nitrogen and oxygen atoms in total. The lowest BCUT2D eigenvalue weighted by molar-refractivity contribution is -0.385. The molecule has 0 bridgehead atoms. The first kappa shape index (κ1) is 16.2. The van der Waals surface area contributed by atoms with Crippen molar-refractivity contribution in [1.82, 2.24) is 0 Å². The van der Waals surface area contributed by atoms with Crippen molar-refractivity contribution in [3.63, 3.8) is 0 Å². The van der Waals surface area contributed by atoms with E-state index in [-0.39, 0.29) is 22.8 Å². The molecule has 1 atom stereocenters. The maximum absolute atomic E-state index is 10.9. The number of hydrogen-bond acceptors (Lipinski definition) is 3. The Morgan fingerprint density at radius 1 is 1.47 bits per heavy atom. The molecule has 0 saturated heterocycles. The number of nitro benzene ring substituents is 1. The van der Waals surface area contributed by atoms with Crippen molar-refractivity contribution in [3.05, 3.63) is 33.3 Å². The van der Waals surface area contributed by atoms with Crippen molar-refractivity contribution < 1.29 is 9.66 Å². The topological polar surface area (TPSA) is 52.4 Å². The number of nitro groups is 1. The molecule has 0 aliphatic rings. The molecule has 0 aliphatic carbocycles. The summed E-state index contributed by atoms with van der Waals surface area (Å²) in [6.45, 7) is 6.72. The van der Waals surface area contributed by atoms with Gasteiger partial charge in [0, 0.05) is 28.4 Å². The average molecular weight is 351 g/mol. The van der Waals surface area contributed by atoms with Crippen molar-refractivity contribution in [1.29, 1.82) is 0 Å². The van der Waals surface area contributed by atoms with Gasteiger partial charge in [-0.3, -0.25) is 10.1 Å². The molecule has 1 unspecified atom stereocenters. The molecule has 106 valence electrons. The highest BCUT2D eigenvalue weighted by molar-refractivity contribution is 9.09. The van der Waals surface area contributed by atoms with Crippen LogP contribution in [0.2, 0.25) is 5.02 Å². The van der Waals surface area contributed by atoms with E-state index in [2.05, 4.69) is 36.7 Å². The SMILES string of the molecule is CC(C)(C)C(CBr)COc1cc(Cl)ccc1[N+](=O)[O-]. The fourth-order valence-electron chi connectivity index (χ4n) is 1.47. The summed E-state index contributed by atoms with van der Waals surface area (Å²) in [6, 6.07) is 4.32. The van der Waals surface area contributed by atoms with E-state index in [1.165, 1.54) is 18.2 Å². The number of hydrogen-bond donors (Lipinski definition) is 0. The predicted molar refractivity (Wildman–Crippen MR) is 80.3 cm³/mol. The summed E-state index contributed by atoms with van der Waals surface area (Å²) in [6.07, 6.45) is 0. The van der Waals surface area contributed by atoms with Crippen LogP contribution in [0.15, 0.2) is 18.2 Å². The number of nitrogens with zero attached hydrogens (tertiary/aromatic N) is 1. The van der Waals surface area contributed by atoms with Crippen molar-refractivity contribution in [3.8, 4) is 5.75 Å². The third kappa shape index (κ3) is 4.66. The van der Waals surface area contributed by atoms with Crippen molar-refractivity contribution in [2.45, 2.75) is 20.8 Å². The summed E-state index contributed by atoms with van der Waals surface area (Å²) < 4.78 is 5.60. The third-order valence-corrected chi connectivity index (χ3v) is 3.99. The van der Waals surface area contributed by atoms with Crippen LogP contribution < -0.4 is 4.74 Å². The van der Waals surface area contributed by atoms with Crippen LogP contribution in [0.4, 0.5) is 5.69 Å². The molecule has 19 heavy (non-hydrogen) atoms. The fraction of sp³-hybridized carbons (Fsp3) is 0.538. The molecule has 1 rings (SSSR count). The van der Waals surface area contributed by atoms with Crippen LogP contribution >= 0.6 is 27.5 Å². The summed E-state index contributed by atoms with van der Waals surface area (Å²) in [5, 5.41) is 12.1. The number of alkyl halides is 1. The van der Waals surface area contributed by atoms with Crippen LogP contribution in [0.5, 0.6) is 5.75 Å². The summed E-state index contributed by atoms with van der Waals surface area (Å²) in [5.41, 5.74) is -0.0109. The van der Waals surface area contributed by atoms with Gasteiger partial charge in [-0.15, -0.1) is 0 Å². The molecular weight excluding hydrogens is 334 g/mol. The molecule has 0 heterocycles. The van der Waals surface area contributed by atoms with E-state index >= 15 is 0 Å². The summed E-state index contributed by atoms with van der Waals surface area (Å²) in [5.74, 6) is 0.457. The molecule has 0 amide bonds. The van der Waals surface area contributed by atoms with Gasteiger partial charge in [0.15, 0.2) is 5.75 Å². The summed E-state index contributed by atoms with van der Waals surface area (Å²) in [7, 11) is 0. The van der Waals surface area contributed by atoms with Gasteiger partial charge in [0.25, 0.3) is 0 Å². The molecule has 6 heteroatoms. The van der Waals surface area contributed by atoms with E-state index in [4.69, 9.17) is 16.3 Å². The Morgan fingerprint density at radius 3 is 2.58 bits per heavy atom. The van der Waals surface area contributed by atoms with E-state index in [1.807, 2.05) is 0 Å². The van der Waals surface area contributed by atoms with Gasteiger partial charge in [-0.2, -0.15) is 0 Å². The van der Waals surface area contributed by atoms with Crippen LogP contribution in [0, 0.1) is 21.4 Å². The molecule has 0 fully saturated rings. The van der Waals surface area contributed by atoms with E-state index in [0.717, 1.165) is 5.33 Å². The highest BCUT2D eigenvalue weighted by atomic mass is 79.9. The molecule has 0 spiro atoms. The second-order valence-electron chi connectivity index (χ2n) is 5.40. The average Bonchev–Trinajstić information content (AvgIpc) is 2.27. The Bertz CT molecular complexity index is 460. The van der Waals surface area contributed by atoms with Gasteiger partial charge < -0.3 is 4.74 Å². The van der Waals surface area contributed by atoms with Crippen molar-refractivity contribution in [2.24, 2.45) is 11.3 Å². The minimum Gasteiger partial charge on any atom is -0.486 e. The van der Waals surface area contributed by atoms with Gasteiger partial charge in [0.1, 0.15) is 0 Å². The first-order chi connectivity index (χ1) is 8.75. The second-order valence-corrected chi connectivity index (χ2v) is 6.48. The van der Waals surface area contributed by atoms with Crippen LogP contribution in [-0.2, 0) is 0 Å². The Morgan fingerprint density at radius 2 is 2.11 bits per heavy atom. The summed E-state index contributed by atoms with van der Waals surface area (Å²) >= 11 is 9.30. The van der Waals surface area contributed by atoms with Gasteiger partial charge in [0.2, 0.25) is 0 Å². The van der Waals surface area contributed by atoms with E-state index in [9.17, 15) is 10.1 Å². The molecule has 0 aliphatic heterocycles. The van der Waals surface area contributed by atoms with E-state index in [1.54, 1.807) is 0 Å². The van der Waals surface area contributed by atoms with Crippen LogP contribution in [0.1, 0.15) is 20.8 Å². The van der Waals surface area contributed by atoms with Crippen LogP contribution in [0.3, 0.4) is 0 Å². The summed E-state index contributed by atoms with van der Waals surface area (Å²) in [4.78, 5) is 10.5. The number of rotatable bonds is 5. The predicted octanol–water partition coefficient (Wildman–Crippen LogP) is 4.68. The Balaban J connectivity index is 2.87. The molecule has 1 aromatic carbocycles. The maximum Gasteiger partial charge on any atom is 0.311 e. The van der Waals surface area contributed by atoms with Gasteiger partial charge in [-0.25, -0.2) is 0 Å². The minimum absolute atomic E-state index is 0.0524. The smallest absolute Gasteiger partial charge is 0.311 e. The fourth-order valence-corrected chi connectivity index (χ4v) is 2.79. The van der Waals surface area contributed by atoms with Gasteiger partial charge >= 0.3 is 5.69 Å². The monoisotopic (exact) mass is 349 g/mol. The number of benzene rings is 1. The molecule has 0 radical (unpaired) electrons. The Labute approximate surface area is 126 Å². The lowest BCUT2D eigenvalue weighted by Gasteiger charge is -2.28. The Hall–Kier alpha value is -0.810. The van der Waals surface area contributed by atoms with Crippen LogP contribution in [-0.4, -0.2) is 16.9 Å². The second kappa shape index (κ2) is 6.57. The highest BCUT2D eigenvalue weighted by Crippen LogP contribution is 2.33. The lowest BCUT2D eigenvalue weighted by Crippen LogP contribution is -2.28. The molecular formula is C13H17BrClNO3. The van der Waals surface area contributed by atoms with Gasteiger partial charge in [0.05, 0.1) is 11.5 Å². The molecule has 0 saturated carbocycles. The normalized spacial score (nSPS) is 13.1. The zero-order valence-corrected chi connectivity index (χ0v) is 13.5. The largest absolute Gasteiger partial charge is 0.486 e. The first-order valence-corrected chi connectivity index (χ1v) is 7.38. The maximum atomic E-state index is 10.9. The van der Waals surface area contributed by atoms with Crippen LogP contribution in [0.25, 0.3) is 0 Å². The first-order valence-electron chi connectivity index (χ1n) is 5.88. The minimum atomic E-state index is -0.466. The lowest BCUT2D eigenvalue weighted by atomic mass is 9.83. The van der Waals surface area contributed by atoms with E-state index in [0.29, 0.717) is 11.6 Å². The standard InChI is InChI=1S/C13H17BrClNO3/c1-13(2,3)9(7-14)8-19-12-6-10(15)4-5-11(12)16(17)18/h4-6,9H,7-8H2,1-3H3. The third-order valence-electron chi connectivity index (χ3n) is 2.97. The van der Waals surface area contributed by atoms with Crippen molar-refractivity contribution >= 4 is 33.2 Å². The number of ether oxygens (including phenoxy) is 1. The zero-order valence-electron chi connectivity index (χ0n) is 11.2. The molecule has 0 aromatic heterocycles. The zero-order chi connectivity index (χ0) is 14.6. The molecule has 0 N–H and O–H groups in total. The molecule has 1 aromatic rings. The van der Waals surface area contributed by atoms with Gasteiger partial charge in [-0.1, -0.05) is 48.3 Å². The van der Waals surface area contributed by atoms with Gasteiger partial charge in [-0.05, 0) is 11.5 Å². The highest BCUT2D eigenvalue weighted by Gasteiger charge is 2.25. The number of halogens is 2. The Kier molecular flexibility index (Phi) is 5.62. The van der Waals surface area contributed by atoms with Crippen molar-refractivity contribution in [2.75, 3.05) is 11.9 Å². The van der Waals surface area contributed by atoms with E-state index < -0.39 is 4.92 Å². The quantitative estimate of drug-likeness (QED) is 0.440.